The van der Waals surface area contributed by atoms with Crippen molar-refractivity contribution in [1.82, 2.24) is 15.0 Å². The highest BCUT2D eigenvalue weighted by molar-refractivity contribution is 6.07. The number of benzene rings is 2. The molecule has 0 spiro atoms. The van der Waals surface area contributed by atoms with Gasteiger partial charge in [0.05, 0.1) is 5.56 Å². The van der Waals surface area contributed by atoms with Gasteiger partial charge in [0.2, 0.25) is 0 Å². The number of carboxylic acid groups (broad SMARTS) is 1. The number of nitrogens with one attached hydrogen (secondary N) is 1. The Morgan fingerprint density at radius 3 is 2.66 bits per heavy atom. The highest BCUT2D eigenvalue weighted by Crippen LogP contribution is 2.33. The van der Waals surface area contributed by atoms with Crippen molar-refractivity contribution >= 4 is 27.9 Å². The molecule has 148 valence electrons. The molecule has 2 aromatic heterocycles. The van der Waals surface area contributed by atoms with Gasteiger partial charge in [-0.2, -0.15) is 13.2 Å². The van der Waals surface area contributed by atoms with Gasteiger partial charge in [0.25, 0.3) is 0 Å². The van der Waals surface area contributed by atoms with E-state index in [9.17, 15) is 23.1 Å². The Balaban J connectivity index is 1.67. The number of hydrogen-bond donors (Lipinski definition) is 3. The first-order valence-corrected chi connectivity index (χ1v) is 8.56. The number of carboxylic acids is 1. The van der Waals surface area contributed by atoms with Gasteiger partial charge in [-0.1, -0.05) is 30.3 Å². The summed E-state index contributed by atoms with van der Waals surface area (Å²) in [5.41, 5.74) is 1.51. The van der Waals surface area contributed by atoms with E-state index >= 15 is 0 Å². The Morgan fingerprint density at radius 1 is 1.14 bits per heavy atom. The van der Waals surface area contributed by atoms with Gasteiger partial charge in [-0.25, -0.2) is 14.8 Å². The number of aromatic amines is 1. The largest absolute Gasteiger partial charge is 0.478 e. The number of carbonyl (C=O) groups is 1. The van der Waals surface area contributed by atoms with Crippen molar-refractivity contribution in [3.63, 3.8) is 0 Å². The van der Waals surface area contributed by atoms with E-state index in [1.165, 1.54) is 30.3 Å². The lowest BCUT2D eigenvalue weighted by Gasteiger charge is -2.15. The van der Waals surface area contributed by atoms with Crippen LogP contribution >= 0.6 is 0 Å². The van der Waals surface area contributed by atoms with Crippen LogP contribution in [0.15, 0.2) is 48.7 Å². The zero-order chi connectivity index (χ0) is 20.8. The number of nitrogens with zero attached hydrogens (tertiary/aromatic N) is 2. The van der Waals surface area contributed by atoms with Gasteiger partial charge in [0.15, 0.2) is 6.10 Å². The van der Waals surface area contributed by atoms with Crippen LogP contribution in [0.25, 0.3) is 21.9 Å². The maximum atomic E-state index is 12.7. The normalized spacial score (nSPS) is 13.1. The number of halogens is 3. The minimum Gasteiger partial charge on any atom is -0.478 e. The van der Waals surface area contributed by atoms with Crippen molar-refractivity contribution < 1.29 is 28.2 Å². The van der Waals surface area contributed by atoms with Crippen LogP contribution in [0, 0.1) is 0 Å². The Morgan fingerprint density at radius 2 is 1.93 bits per heavy atom. The van der Waals surface area contributed by atoms with Crippen molar-refractivity contribution in [2.24, 2.45) is 0 Å². The number of hydrogen-bond acceptors (Lipinski definition) is 4. The van der Waals surface area contributed by atoms with E-state index in [1.54, 1.807) is 18.3 Å². The highest BCUT2D eigenvalue weighted by atomic mass is 19.4. The summed E-state index contributed by atoms with van der Waals surface area (Å²) >= 11 is 0. The summed E-state index contributed by atoms with van der Waals surface area (Å²) in [6.07, 6.45) is -5.54. The topological polar surface area (TPSA) is 99.1 Å². The van der Waals surface area contributed by atoms with Gasteiger partial charge in [0.1, 0.15) is 11.5 Å². The molecule has 0 saturated heterocycles. The van der Waals surface area contributed by atoms with Gasteiger partial charge in [0, 0.05) is 28.9 Å². The van der Waals surface area contributed by atoms with Gasteiger partial charge in [-0.15, -0.1) is 0 Å². The summed E-state index contributed by atoms with van der Waals surface area (Å²) in [4.78, 5) is 22.9. The second-order valence-corrected chi connectivity index (χ2v) is 6.60. The molecule has 0 saturated carbocycles. The molecule has 4 aromatic rings. The molecule has 0 aliphatic rings. The van der Waals surface area contributed by atoms with E-state index in [4.69, 9.17) is 5.11 Å². The second-order valence-electron chi connectivity index (χ2n) is 6.60. The Hall–Kier alpha value is -3.46. The van der Waals surface area contributed by atoms with E-state index < -0.39 is 18.2 Å². The van der Waals surface area contributed by atoms with Crippen LogP contribution in [0.4, 0.5) is 13.2 Å². The SMILES string of the molecule is O=C(O)c1ccc2c(c1)[nH]c1nc(Cc3cccc(C(O)C(F)(F)F)c3)ncc12. The fourth-order valence-corrected chi connectivity index (χ4v) is 3.18. The molecule has 29 heavy (non-hydrogen) atoms. The van der Waals surface area contributed by atoms with Crippen LogP contribution in [0.1, 0.15) is 33.4 Å². The molecule has 4 rings (SSSR count). The minimum absolute atomic E-state index is 0.136. The third-order valence-electron chi connectivity index (χ3n) is 4.59. The van der Waals surface area contributed by atoms with Crippen molar-refractivity contribution in [3.8, 4) is 0 Å². The van der Waals surface area contributed by atoms with Crippen LogP contribution in [-0.4, -0.2) is 37.3 Å². The molecule has 0 aliphatic carbocycles. The van der Waals surface area contributed by atoms with Gasteiger partial charge in [-0.3, -0.25) is 0 Å². The van der Waals surface area contributed by atoms with Crippen molar-refractivity contribution in [1.29, 1.82) is 0 Å². The van der Waals surface area contributed by atoms with Crippen LogP contribution in [0.5, 0.6) is 0 Å². The minimum atomic E-state index is -4.74. The van der Waals surface area contributed by atoms with Crippen LogP contribution in [-0.2, 0) is 6.42 Å². The Kier molecular flexibility index (Phi) is 4.46. The van der Waals surface area contributed by atoms with Crippen LogP contribution in [0.2, 0.25) is 0 Å². The van der Waals surface area contributed by atoms with Crippen molar-refractivity contribution in [3.05, 3.63) is 71.2 Å². The first-order chi connectivity index (χ1) is 13.7. The van der Waals surface area contributed by atoms with Crippen molar-refractivity contribution in [2.75, 3.05) is 0 Å². The average molecular weight is 401 g/mol. The molecule has 0 fully saturated rings. The first-order valence-electron chi connectivity index (χ1n) is 8.56. The summed E-state index contributed by atoms with van der Waals surface area (Å²) < 4.78 is 38.2. The fourth-order valence-electron chi connectivity index (χ4n) is 3.18. The van der Waals surface area contributed by atoms with E-state index in [2.05, 4.69) is 15.0 Å². The number of fused-ring (bicyclic) bond motifs is 3. The maximum absolute atomic E-state index is 12.7. The average Bonchev–Trinajstić information content (AvgIpc) is 3.03. The monoisotopic (exact) mass is 401 g/mol. The molecule has 3 N–H and O–H groups in total. The molecule has 0 radical (unpaired) electrons. The summed E-state index contributed by atoms with van der Waals surface area (Å²) in [6.45, 7) is 0. The molecule has 0 bridgehead atoms. The zero-order valence-electron chi connectivity index (χ0n) is 14.7. The molecule has 0 aliphatic heterocycles. The van der Waals surface area contributed by atoms with Crippen LogP contribution < -0.4 is 0 Å². The van der Waals surface area contributed by atoms with Gasteiger partial charge in [-0.05, 0) is 23.3 Å². The second kappa shape index (κ2) is 6.85. The van der Waals surface area contributed by atoms with E-state index in [-0.39, 0.29) is 17.5 Å². The first kappa shape index (κ1) is 18.9. The summed E-state index contributed by atoms with van der Waals surface area (Å²) in [5, 5.41) is 20.0. The number of aromatic nitrogens is 3. The van der Waals surface area contributed by atoms with Gasteiger partial charge < -0.3 is 15.2 Å². The smallest absolute Gasteiger partial charge is 0.418 e. The lowest BCUT2D eigenvalue weighted by Crippen LogP contribution is -2.20. The highest BCUT2D eigenvalue weighted by Gasteiger charge is 2.39. The number of alkyl halides is 3. The lowest BCUT2D eigenvalue weighted by molar-refractivity contribution is -0.206. The molecule has 1 unspecified atom stereocenters. The van der Waals surface area contributed by atoms with Gasteiger partial charge >= 0.3 is 12.1 Å². The molecule has 2 aromatic carbocycles. The molecular formula is C20H14F3N3O3. The van der Waals surface area contributed by atoms with E-state index in [0.29, 0.717) is 27.9 Å². The number of H-pyrrole nitrogens is 1. The quantitative estimate of drug-likeness (QED) is 0.480. The standard InChI is InChI=1S/C20H14F3N3O3/c21-20(22,23)17(27)11-3-1-2-10(6-11)7-16-24-9-14-13-5-4-12(19(28)29)8-15(13)25-18(14)26-16/h1-6,8-9,17,27H,7H2,(H,28,29)(H,24,25,26). The maximum Gasteiger partial charge on any atom is 0.418 e. The molecule has 2 heterocycles. The van der Waals surface area contributed by atoms with E-state index in [0.717, 1.165) is 5.39 Å². The third-order valence-corrected chi connectivity index (χ3v) is 4.59. The molecule has 9 heteroatoms. The molecule has 1 atom stereocenters. The Labute approximate surface area is 161 Å². The van der Waals surface area contributed by atoms with Crippen LogP contribution in [0.3, 0.4) is 0 Å². The summed E-state index contributed by atoms with van der Waals surface area (Å²) in [5.74, 6) is -0.667. The number of rotatable bonds is 4. The number of aromatic carboxylic acids is 1. The van der Waals surface area contributed by atoms with Crippen molar-refractivity contribution in [2.45, 2.75) is 18.7 Å². The third kappa shape index (κ3) is 3.64. The Bertz CT molecular complexity index is 1230. The predicted octanol–water partition coefficient (Wildman–Crippen LogP) is 4.00. The fraction of sp³-hybridized carbons (Fsp3) is 0.150. The molecular weight excluding hydrogens is 387 g/mol. The zero-order valence-corrected chi connectivity index (χ0v) is 14.7. The molecule has 0 amide bonds. The summed E-state index contributed by atoms with van der Waals surface area (Å²) in [7, 11) is 0. The molecule has 6 nitrogen and oxygen atoms in total. The van der Waals surface area contributed by atoms with E-state index in [1.807, 2.05) is 0 Å². The number of aliphatic hydroxyl groups is 1. The number of aliphatic hydroxyl groups excluding tert-OH is 1. The predicted molar refractivity (Wildman–Crippen MR) is 98.6 cm³/mol. The summed E-state index contributed by atoms with van der Waals surface area (Å²) in [6, 6.07) is 10.2. The lowest BCUT2D eigenvalue weighted by atomic mass is 10.0.